The summed E-state index contributed by atoms with van der Waals surface area (Å²) in [7, 11) is -3.42. The van der Waals surface area contributed by atoms with Gasteiger partial charge >= 0.3 is 13.3 Å². The van der Waals surface area contributed by atoms with Gasteiger partial charge in [-0.2, -0.15) is 0 Å². The lowest BCUT2D eigenvalue weighted by Gasteiger charge is -2.22. The molecule has 8 heteroatoms. The molecule has 0 aliphatic carbocycles. The Morgan fingerprint density at radius 2 is 1.63 bits per heavy atom. The van der Waals surface area contributed by atoms with Gasteiger partial charge < -0.3 is 14.0 Å². The molecule has 0 saturated heterocycles. The average molecular weight is 290 g/mol. The van der Waals surface area contributed by atoms with Crippen molar-refractivity contribution in [1.29, 1.82) is 0 Å². The molecule has 1 heterocycles. The molecule has 0 radical (unpaired) electrons. The van der Waals surface area contributed by atoms with Crippen LogP contribution in [0.25, 0.3) is 0 Å². The second-order valence-electron chi connectivity index (χ2n) is 4.69. The maximum absolute atomic E-state index is 12.5. The molecule has 1 rings (SSSR count). The Labute approximate surface area is 110 Å². The fourth-order valence-corrected chi connectivity index (χ4v) is 3.63. The van der Waals surface area contributed by atoms with E-state index in [0.717, 1.165) is 0 Å². The highest BCUT2D eigenvalue weighted by Gasteiger charge is 2.28. The van der Waals surface area contributed by atoms with Crippen molar-refractivity contribution in [3.05, 3.63) is 32.6 Å². The number of nitrogens with one attached hydrogen (secondary N) is 2. The SMILES string of the molecule is CC(C)OP(=O)(Cc1cc(=O)[nH]c(=O)[nH]1)OC(C)C. The number of H-pyrrole nitrogens is 2. The summed E-state index contributed by atoms with van der Waals surface area (Å²) in [5.41, 5.74) is -0.985. The monoisotopic (exact) mass is 290 g/mol. The molecule has 1 aromatic rings. The lowest BCUT2D eigenvalue weighted by Crippen LogP contribution is -2.23. The molecule has 19 heavy (non-hydrogen) atoms. The number of hydrogen-bond acceptors (Lipinski definition) is 5. The number of rotatable bonds is 6. The minimum absolute atomic E-state index is 0.150. The van der Waals surface area contributed by atoms with Crippen molar-refractivity contribution in [3.63, 3.8) is 0 Å². The van der Waals surface area contributed by atoms with E-state index in [9.17, 15) is 14.2 Å². The first-order valence-corrected chi connectivity index (χ1v) is 7.71. The van der Waals surface area contributed by atoms with Crippen LogP contribution in [0.4, 0.5) is 0 Å². The standard InChI is InChI=1S/C11H19N2O5P/c1-7(2)17-19(16,18-8(3)4)6-9-5-10(14)13-11(15)12-9/h5,7-8H,6H2,1-4H3,(H2,12,13,14,15). The van der Waals surface area contributed by atoms with Gasteiger partial charge in [0.1, 0.15) is 0 Å². The lowest BCUT2D eigenvalue weighted by atomic mass is 10.4. The van der Waals surface area contributed by atoms with Crippen LogP contribution in [0.5, 0.6) is 0 Å². The molecule has 108 valence electrons. The van der Waals surface area contributed by atoms with Crippen LogP contribution in [-0.4, -0.2) is 22.2 Å². The molecule has 2 N–H and O–H groups in total. The maximum Gasteiger partial charge on any atom is 0.337 e. The highest BCUT2D eigenvalue weighted by molar-refractivity contribution is 7.53. The van der Waals surface area contributed by atoms with Gasteiger partial charge in [0.15, 0.2) is 0 Å². The number of aromatic amines is 2. The second kappa shape index (κ2) is 6.32. The first-order chi connectivity index (χ1) is 8.70. The molecule has 7 nitrogen and oxygen atoms in total. The zero-order valence-electron chi connectivity index (χ0n) is 11.4. The predicted octanol–water partition coefficient (Wildman–Crippen LogP) is 1.61. The smallest absolute Gasteiger partial charge is 0.311 e. The van der Waals surface area contributed by atoms with Gasteiger partial charge in [-0.15, -0.1) is 0 Å². The summed E-state index contributed by atoms with van der Waals surface area (Å²) in [6.07, 6.45) is -0.737. The third-order valence-electron chi connectivity index (χ3n) is 1.92. The first-order valence-electron chi connectivity index (χ1n) is 5.98. The van der Waals surface area contributed by atoms with Gasteiger partial charge in [-0.1, -0.05) is 0 Å². The summed E-state index contributed by atoms with van der Waals surface area (Å²) in [5, 5.41) is 0. The predicted molar refractivity (Wildman–Crippen MR) is 71.4 cm³/mol. The van der Waals surface area contributed by atoms with Gasteiger partial charge in [-0.3, -0.25) is 14.3 Å². The summed E-state index contributed by atoms with van der Waals surface area (Å²) < 4.78 is 23.2. The van der Waals surface area contributed by atoms with E-state index in [1.54, 1.807) is 27.7 Å². The molecule has 0 atom stereocenters. The lowest BCUT2D eigenvalue weighted by molar-refractivity contribution is 0.141. The van der Waals surface area contributed by atoms with Crippen molar-refractivity contribution < 1.29 is 13.6 Å². The van der Waals surface area contributed by atoms with Crippen LogP contribution < -0.4 is 11.2 Å². The van der Waals surface area contributed by atoms with E-state index < -0.39 is 18.8 Å². The quantitative estimate of drug-likeness (QED) is 0.775. The zero-order valence-corrected chi connectivity index (χ0v) is 12.3. The summed E-state index contributed by atoms with van der Waals surface area (Å²) in [4.78, 5) is 26.8. The molecule has 0 fully saturated rings. The molecule has 0 aliphatic rings. The molecule has 0 saturated carbocycles. The van der Waals surface area contributed by atoms with Crippen LogP contribution in [-0.2, 0) is 19.8 Å². The van der Waals surface area contributed by atoms with Crippen LogP contribution in [0.15, 0.2) is 15.7 Å². The molecular weight excluding hydrogens is 271 g/mol. The van der Waals surface area contributed by atoms with Crippen LogP contribution in [0, 0.1) is 0 Å². The van der Waals surface area contributed by atoms with E-state index >= 15 is 0 Å². The van der Waals surface area contributed by atoms with E-state index in [4.69, 9.17) is 9.05 Å². The van der Waals surface area contributed by atoms with Crippen LogP contribution in [0.1, 0.15) is 33.4 Å². The van der Waals surface area contributed by atoms with Crippen molar-refractivity contribution in [2.24, 2.45) is 0 Å². The molecule has 0 aromatic carbocycles. The Kier molecular flexibility index (Phi) is 5.29. The van der Waals surface area contributed by atoms with Crippen LogP contribution in [0.3, 0.4) is 0 Å². The summed E-state index contributed by atoms with van der Waals surface area (Å²) >= 11 is 0. The summed E-state index contributed by atoms with van der Waals surface area (Å²) in [6, 6.07) is 1.17. The summed E-state index contributed by atoms with van der Waals surface area (Å²) in [6.45, 7) is 6.93. The Balaban J connectivity index is 3.03. The van der Waals surface area contributed by atoms with Crippen molar-refractivity contribution in [3.8, 4) is 0 Å². The zero-order chi connectivity index (χ0) is 14.6. The van der Waals surface area contributed by atoms with Crippen molar-refractivity contribution in [1.82, 2.24) is 9.97 Å². The minimum atomic E-state index is -3.42. The van der Waals surface area contributed by atoms with Crippen molar-refractivity contribution in [2.45, 2.75) is 46.1 Å². The van der Waals surface area contributed by atoms with Gasteiger partial charge in [0.25, 0.3) is 5.56 Å². The van der Waals surface area contributed by atoms with E-state index in [1.807, 2.05) is 4.98 Å². The Morgan fingerprint density at radius 3 is 2.05 bits per heavy atom. The minimum Gasteiger partial charge on any atom is -0.311 e. The largest absolute Gasteiger partial charge is 0.337 e. The van der Waals surface area contributed by atoms with E-state index in [2.05, 4.69) is 4.98 Å². The van der Waals surface area contributed by atoms with Crippen molar-refractivity contribution >= 4 is 7.60 Å². The Hall–Kier alpha value is -1.17. The van der Waals surface area contributed by atoms with E-state index in [1.165, 1.54) is 6.07 Å². The number of aromatic nitrogens is 2. The highest BCUT2D eigenvalue weighted by Crippen LogP contribution is 2.52. The van der Waals surface area contributed by atoms with Gasteiger partial charge in [0.2, 0.25) is 0 Å². The molecule has 1 aromatic heterocycles. The van der Waals surface area contributed by atoms with Gasteiger partial charge in [-0.05, 0) is 27.7 Å². The first kappa shape index (κ1) is 15.9. The molecule has 0 spiro atoms. The summed E-state index contributed by atoms with van der Waals surface area (Å²) in [5.74, 6) is 0. The van der Waals surface area contributed by atoms with Crippen molar-refractivity contribution in [2.75, 3.05) is 0 Å². The third-order valence-corrected chi connectivity index (χ3v) is 4.14. The topological polar surface area (TPSA) is 101 Å². The third kappa shape index (κ3) is 5.55. The highest BCUT2D eigenvalue weighted by atomic mass is 31.2. The van der Waals surface area contributed by atoms with Gasteiger partial charge in [-0.25, -0.2) is 4.79 Å². The second-order valence-corrected chi connectivity index (χ2v) is 6.65. The van der Waals surface area contributed by atoms with Crippen LogP contribution >= 0.6 is 7.60 Å². The molecule has 0 bridgehead atoms. The molecule has 0 unspecified atom stereocenters. The maximum atomic E-state index is 12.5. The molecule has 0 amide bonds. The van der Waals surface area contributed by atoms with Gasteiger partial charge in [0, 0.05) is 11.8 Å². The fraction of sp³-hybridized carbons (Fsp3) is 0.636. The molecule has 0 aliphatic heterocycles. The normalized spacial score (nSPS) is 12.3. The number of hydrogen-bond donors (Lipinski definition) is 2. The van der Waals surface area contributed by atoms with E-state index in [-0.39, 0.29) is 24.1 Å². The fourth-order valence-electron chi connectivity index (χ4n) is 1.55. The van der Waals surface area contributed by atoms with Gasteiger partial charge in [0.05, 0.1) is 18.4 Å². The van der Waals surface area contributed by atoms with E-state index in [0.29, 0.717) is 0 Å². The van der Waals surface area contributed by atoms with Crippen LogP contribution in [0.2, 0.25) is 0 Å². The average Bonchev–Trinajstić information content (AvgIpc) is 2.10. The Bertz CT molecular complexity index is 533. The Morgan fingerprint density at radius 1 is 1.11 bits per heavy atom. The molecular formula is C11H19N2O5P.